The molecule has 1 fully saturated rings. The number of carbonyl (C=O) groups is 3. The number of likely N-dealkylation sites (tertiary alicyclic amines) is 1. The molecule has 3 aromatic carbocycles. The van der Waals surface area contributed by atoms with E-state index in [4.69, 9.17) is 4.74 Å². The van der Waals surface area contributed by atoms with E-state index >= 15 is 0 Å². The number of aromatic nitrogens is 1. The molecule has 44 heavy (non-hydrogen) atoms. The van der Waals surface area contributed by atoms with Crippen LogP contribution < -0.4 is 20.7 Å². The summed E-state index contributed by atoms with van der Waals surface area (Å²) in [4.78, 5) is 43.7. The number of nitrogens with one attached hydrogen (secondary N) is 4. The van der Waals surface area contributed by atoms with Crippen molar-refractivity contribution in [2.75, 3.05) is 36.8 Å². The Morgan fingerprint density at radius 1 is 0.932 bits per heavy atom. The van der Waals surface area contributed by atoms with Crippen LogP contribution in [0.1, 0.15) is 56.8 Å². The summed E-state index contributed by atoms with van der Waals surface area (Å²) < 4.78 is 6.06. The van der Waals surface area contributed by atoms with Crippen LogP contribution in [0, 0.1) is 6.92 Å². The second kappa shape index (κ2) is 13.0. The van der Waals surface area contributed by atoms with E-state index in [2.05, 4.69) is 25.8 Å². The molecule has 0 atom stereocenters. The van der Waals surface area contributed by atoms with Crippen molar-refractivity contribution in [3.63, 3.8) is 0 Å². The van der Waals surface area contributed by atoms with E-state index in [1.807, 2.05) is 31.2 Å². The fourth-order valence-electron chi connectivity index (χ4n) is 5.54. The third-order valence-electron chi connectivity index (χ3n) is 7.78. The number of fused-ring (bicyclic) bond motifs is 1. The molecule has 4 aromatic rings. The lowest BCUT2D eigenvalue weighted by atomic mass is 10.1. The molecule has 0 aliphatic carbocycles. The number of amides is 3. The van der Waals surface area contributed by atoms with Crippen molar-refractivity contribution in [2.45, 2.75) is 26.2 Å². The fourth-order valence-corrected chi connectivity index (χ4v) is 5.54. The number of ether oxygens (including phenoxy) is 1. The minimum atomic E-state index is -0.236. The van der Waals surface area contributed by atoms with Crippen molar-refractivity contribution in [1.29, 1.82) is 0 Å². The van der Waals surface area contributed by atoms with Crippen molar-refractivity contribution >= 4 is 40.7 Å². The summed E-state index contributed by atoms with van der Waals surface area (Å²) in [6.07, 6.45) is 6.84. The second-order valence-electron chi connectivity index (χ2n) is 11.2. The summed E-state index contributed by atoms with van der Waals surface area (Å²) in [6, 6.07) is 21.7. The quantitative estimate of drug-likeness (QED) is 0.132. The normalized spacial score (nSPS) is 15.2. The number of hydrogen-bond acceptors (Lipinski definition) is 5. The molecule has 1 saturated heterocycles. The van der Waals surface area contributed by atoms with Crippen molar-refractivity contribution in [1.82, 2.24) is 15.2 Å². The Morgan fingerprint density at radius 2 is 1.75 bits per heavy atom. The van der Waals surface area contributed by atoms with Gasteiger partial charge in [0.2, 0.25) is 0 Å². The molecule has 0 unspecified atom stereocenters. The molecule has 0 spiro atoms. The number of carbonyl (C=O) groups excluding carboxylic acids is 3. The van der Waals surface area contributed by atoms with Gasteiger partial charge in [-0.25, -0.2) is 0 Å². The Hall–Kier alpha value is -5.15. The van der Waals surface area contributed by atoms with Crippen LogP contribution in [0.25, 0.3) is 11.6 Å². The number of aryl methyl sites for hydroxylation is 1. The molecule has 2 aliphatic heterocycles. The van der Waals surface area contributed by atoms with Crippen LogP contribution in [0.15, 0.2) is 79.0 Å². The highest BCUT2D eigenvalue weighted by Gasteiger charge is 2.25. The van der Waals surface area contributed by atoms with Gasteiger partial charge in [0.1, 0.15) is 11.5 Å². The molecule has 0 saturated carbocycles. The molecular formula is C35H35N5O4. The molecule has 2 aliphatic rings. The van der Waals surface area contributed by atoms with Gasteiger partial charge in [-0.1, -0.05) is 23.8 Å². The molecule has 3 amide bonds. The molecule has 9 heteroatoms. The van der Waals surface area contributed by atoms with E-state index in [0.29, 0.717) is 51.8 Å². The second-order valence-corrected chi connectivity index (χ2v) is 11.2. The molecular weight excluding hydrogens is 554 g/mol. The lowest BCUT2D eigenvalue weighted by Gasteiger charge is -2.14. The summed E-state index contributed by atoms with van der Waals surface area (Å²) in [5, 5.41) is 8.79. The highest BCUT2D eigenvalue weighted by atomic mass is 16.5. The van der Waals surface area contributed by atoms with Crippen LogP contribution in [0.5, 0.6) is 11.5 Å². The number of aromatic amines is 1. The first-order valence-corrected chi connectivity index (χ1v) is 14.9. The zero-order chi connectivity index (χ0) is 30.5. The highest BCUT2D eigenvalue weighted by molar-refractivity contribution is 6.35. The maximum atomic E-state index is 12.9. The largest absolute Gasteiger partial charge is 0.457 e. The maximum absolute atomic E-state index is 12.9. The van der Waals surface area contributed by atoms with Crippen molar-refractivity contribution in [3.05, 3.63) is 107 Å². The van der Waals surface area contributed by atoms with Gasteiger partial charge in [0.25, 0.3) is 17.7 Å². The standard InChI is InChI=1S/C35H35N5O4/c1-23-7-4-8-24(17-23)34(42)38-26-9-5-10-28(19-26)44-29-11-12-30-31(35(43)39-32(30)21-29)20-27-18-25(22-37-27)33(41)36-13-6-16-40-14-2-3-15-40/h4-5,7-12,17-22,37H,2-3,6,13-16H2,1H3,(H,36,41)(H,38,42)(H,39,43). The number of anilines is 2. The average molecular weight is 590 g/mol. The predicted molar refractivity (Wildman–Crippen MR) is 172 cm³/mol. The number of benzene rings is 3. The average Bonchev–Trinajstić information content (AvgIpc) is 3.77. The third-order valence-corrected chi connectivity index (χ3v) is 7.78. The summed E-state index contributed by atoms with van der Waals surface area (Å²) in [7, 11) is 0. The summed E-state index contributed by atoms with van der Waals surface area (Å²) in [5.41, 5.74) is 5.25. The van der Waals surface area contributed by atoms with Gasteiger partial charge < -0.3 is 30.6 Å². The predicted octanol–water partition coefficient (Wildman–Crippen LogP) is 6.08. The van der Waals surface area contributed by atoms with Crippen LogP contribution in [-0.4, -0.2) is 53.8 Å². The van der Waals surface area contributed by atoms with E-state index in [1.54, 1.807) is 60.8 Å². The first-order valence-electron chi connectivity index (χ1n) is 14.9. The van der Waals surface area contributed by atoms with Gasteiger partial charge >= 0.3 is 0 Å². The first kappa shape index (κ1) is 28.9. The van der Waals surface area contributed by atoms with Crippen molar-refractivity contribution in [3.8, 4) is 11.5 Å². The third kappa shape index (κ3) is 6.90. The first-order chi connectivity index (χ1) is 21.4. The number of rotatable bonds is 10. The topological polar surface area (TPSA) is 116 Å². The molecule has 9 nitrogen and oxygen atoms in total. The fraction of sp³-hybridized carbons (Fsp3) is 0.229. The monoisotopic (exact) mass is 589 g/mol. The van der Waals surface area contributed by atoms with Gasteiger partial charge in [-0.3, -0.25) is 14.4 Å². The van der Waals surface area contributed by atoms with E-state index in [0.717, 1.165) is 37.2 Å². The molecule has 1 aromatic heterocycles. The van der Waals surface area contributed by atoms with E-state index in [9.17, 15) is 14.4 Å². The maximum Gasteiger partial charge on any atom is 0.256 e. The Bertz CT molecular complexity index is 1730. The Balaban J connectivity index is 1.08. The zero-order valence-corrected chi connectivity index (χ0v) is 24.6. The van der Waals surface area contributed by atoms with Crippen LogP contribution in [0.2, 0.25) is 0 Å². The van der Waals surface area contributed by atoms with Crippen LogP contribution in [0.3, 0.4) is 0 Å². The Labute approximate surface area is 256 Å². The Kier molecular flexibility index (Phi) is 8.56. The molecule has 224 valence electrons. The van der Waals surface area contributed by atoms with E-state index < -0.39 is 0 Å². The SMILES string of the molecule is Cc1cccc(C(=O)Nc2cccc(Oc3ccc4c(c3)NC(=O)C4=Cc3cc(C(=O)NCCCN4CCCC4)c[nH]3)c2)c1. The van der Waals surface area contributed by atoms with Gasteiger partial charge in [0, 0.05) is 47.4 Å². The number of hydrogen-bond donors (Lipinski definition) is 4. The van der Waals surface area contributed by atoms with Crippen LogP contribution >= 0.6 is 0 Å². The van der Waals surface area contributed by atoms with Gasteiger partial charge in [-0.15, -0.1) is 0 Å². The molecule has 3 heterocycles. The smallest absolute Gasteiger partial charge is 0.256 e. The van der Waals surface area contributed by atoms with Gasteiger partial charge in [0.05, 0.1) is 16.8 Å². The summed E-state index contributed by atoms with van der Waals surface area (Å²) >= 11 is 0. The molecule has 4 N–H and O–H groups in total. The highest BCUT2D eigenvalue weighted by Crippen LogP contribution is 2.37. The van der Waals surface area contributed by atoms with Gasteiger partial charge in [-0.05, 0) is 94.4 Å². The van der Waals surface area contributed by atoms with Gasteiger partial charge in [-0.2, -0.15) is 0 Å². The summed E-state index contributed by atoms with van der Waals surface area (Å²) in [6.45, 7) is 5.88. The van der Waals surface area contributed by atoms with Crippen LogP contribution in [0.4, 0.5) is 11.4 Å². The lowest BCUT2D eigenvalue weighted by Crippen LogP contribution is -2.28. The van der Waals surface area contributed by atoms with Gasteiger partial charge in [0.15, 0.2) is 0 Å². The molecule has 6 rings (SSSR count). The summed E-state index contributed by atoms with van der Waals surface area (Å²) in [5.74, 6) is 0.509. The Morgan fingerprint density at radius 3 is 2.59 bits per heavy atom. The van der Waals surface area contributed by atoms with E-state index in [1.165, 1.54) is 12.8 Å². The number of nitrogens with zero attached hydrogens (tertiary/aromatic N) is 1. The molecule has 0 bridgehead atoms. The minimum Gasteiger partial charge on any atom is -0.457 e. The van der Waals surface area contributed by atoms with Crippen molar-refractivity contribution in [2.24, 2.45) is 0 Å². The zero-order valence-electron chi connectivity index (χ0n) is 24.6. The molecule has 0 radical (unpaired) electrons. The number of H-pyrrole nitrogens is 1. The van der Waals surface area contributed by atoms with Crippen molar-refractivity contribution < 1.29 is 19.1 Å². The minimum absolute atomic E-state index is 0.135. The van der Waals surface area contributed by atoms with E-state index in [-0.39, 0.29) is 17.7 Å². The lowest BCUT2D eigenvalue weighted by molar-refractivity contribution is -0.110. The van der Waals surface area contributed by atoms with Crippen LogP contribution in [-0.2, 0) is 4.79 Å².